The maximum atomic E-state index is 14.4. The Morgan fingerprint density at radius 3 is 2.45 bits per heavy atom. The van der Waals surface area contributed by atoms with Crippen LogP contribution in [0.5, 0.6) is 0 Å². The van der Waals surface area contributed by atoms with Crippen LogP contribution in [-0.4, -0.2) is 62.9 Å². The third kappa shape index (κ3) is 4.24. The summed E-state index contributed by atoms with van der Waals surface area (Å²) < 4.78 is 36.7. The molecule has 5 rings (SSSR count). The molecular formula is C21H23F2IN6O. The van der Waals surface area contributed by atoms with E-state index in [1.165, 1.54) is 18.2 Å². The first kappa shape index (κ1) is 21.0. The Bertz CT molecular complexity index is 1060. The van der Waals surface area contributed by atoms with Crippen molar-refractivity contribution in [2.24, 2.45) is 0 Å². The molecule has 1 saturated carbocycles. The van der Waals surface area contributed by atoms with E-state index in [-0.39, 0.29) is 17.4 Å². The van der Waals surface area contributed by atoms with Gasteiger partial charge < -0.3 is 10.1 Å². The van der Waals surface area contributed by atoms with E-state index in [0.717, 1.165) is 55.6 Å². The van der Waals surface area contributed by atoms with Crippen LogP contribution in [0.3, 0.4) is 0 Å². The Morgan fingerprint density at radius 1 is 1.03 bits per heavy atom. The molecular weight excluding hydrogens is 517 g/mol. The number of fused-ring (bicyclic) bond motifs is 1. The van der Waals surface area contributed by atoms with Crippen molar-refractivity contribution in [2.45, 2.75) is 37.8 Å². The van der Waals surface area contributed by atoms with Crippen LogP contribution >= 0.6 is 22.6 Å². The van der Waals surface area contributed by atoms with Crippen molar-refractivity contribution in [3.63, 3.8) is 0 Å². The second-order valence-corrected chi connectivity index (χ2v) is 9.16. The van der Waals surface area contributed by atoms with E-state index >= 15 is 0 Å². The average molecular weight is 540 g/mol. The first-order valence-corrected chi connectivity index (χ1v) is 11.6. The third-order valence-electron chi connectivity index (χ3n) is 6.10. The summed E-state index contributed by atoms with van der Waals surface area (Å²) in [6, 6.07) is 4.57. The predicted molar refractivity (Wildman–Crippen MR) is 121 cm³/mol. The molecule has 164 valence electrons. The number of nitrogens with one attached hydrogen (secondary N) is 1. The highest BCUT2D eigenvalue weighted by Gasteiger charge is 2.28. The molecule has 0 radical (unpaired) electrons. The number of ether oxygens (including phenoxy) is 1. The summed E-state index contributed by atoms with van der Waals surface area (Å²) in [6.45, 7) is 3.62. The first-order valence-electron chi connectivity index (χ1n) is 10.5. The smallest absolute Gasteiger partial charge is 0.228 e. The lowest BCUT2D eigenvalue weighted by atomic mass is 9.90. The lowest BCUT2D eigenvalue weighted by molar-refractivity contribution is 0.00789. The van der Waals surface area contributed by atoms with Crippen molar-refractivity contribution < 1.29 is 13.5 Å². The summed E-state index contributed by atoms with van der Waals surface area (Å²) in [5, 5.41) is 7.83. The summed E-state index contributed by atoms with van der Waals surface area (Å²) in [5.74, 6) is -0.891. The lowest BCUT2D eigenvalue weighted by Gasteiger charge is -2.38. The Hall–Kier alpha value is -1.92. The number of hydrogen-bond acceptors (Lipinski definition) is 6. The van der Waals surface area contributed by atoms with E-state index in [9.17, 15) is 8.78 Å². The van der Waals surface area contributed by atoms with Gasteiger partial charge in [0.25, 0.3) is 0 Å². The zero-order chi connectivity index (χ0) is 21.4. The van der Waals surface area contributed by atoms with Gasteiger partial charge >= 0.3 is 0 Å². The van der Waals surface area contributed by atoms with Crippen LogP contribution in [0.4, 0.5) is 14.7 Å². The van der Waals surface area contributed by atoms with Crippen LogP contribution in [0.1, 0.15) is 25.7 Å². The Labute approximate surface area is 192 Å². The summed E-state index contributed by atoms with van der Waals surface area (Å²) >= 11 is 2.12. The van der Waals surface area contributed by atoms with E-state index < -0.39 is 11.6 Å². The van der Waals surface area contributed by atoms with E-state index in [0.29, 0.717) is 17.6 Å². The second kappa shape index (κ2) is 8.91. The number of morpholine rings is 1. The van der Waals surface area contributed by atoms with Gasteiger partial charge in [0.05, 0.1) is 28.5 Å². The van der Waals surface area contributed by atoms with Crippen molar-refractivity contribution in [3.05, 3.63) is 39.6 Å². The SMILES string of the molecule is Fc1cccc(F)c1-c1nc(NC2CCC(N3CCOCC3)CC2)n2ncc(I)c2n1. The van der Waals surface area contributed by atoms with Crippen molar-refractivity contribution in [1.82, 2.24) is 24.5 Å². The molecule has 3 heterocycles. The number of halogens is 3. The second-order valence-electron chi connectivity index (χ2n) is 7.99. The van der Waals surface area contributed by atoms with Gasteiger partial charge in [-0.2, -0.15) is 14.6 Å². The van der Waals surface area contributed by atoms with Crippen LogP contribution in [0.2, 0.25) is 0 Å². The number of nitrogens with zero attached hydrogens (tertiary/aromatic N) is 5. The van der Waals surface area contributed by atoms with Gasteiger partial charge in [0.15, 0.2) is 11.5 Å². The molecule has 2 fully saturated rings. The van der Waals surface area contributed by atoms with Crippen molar-refractivity contribution >= 4 is 34.2 Å². The topological polar surface area (TPSA) is 67.6 Å². The van der Waals surface area contributed by atoms with E-state index in [1.807, 2.05) is 0 Å². The maximum Gasteiger partial charge on any atom is 0.228 e. The molecule has 7 nitrogen and oxygen atoms in total. The number of hydrogen-bond donors (Lipinski definition) is 1. The van der Waals surface area contributed by atoms with Gasteiger partial charge in [-0.05, 0) is 60.4 Å². The summed E-state index contributed by atoms with van der Waals surface area (Å²) in [6.07, 6.45) is 5.85. The van der Waals surface area contributed by atoms with Crippen molar-refractivity contribution in [2.75, 3.05) is 31.6 Å². The highest BCUT2D eigenvalue weighted by Crippen LogP contribution is 2.29. The van der Waals surface area contributed by atoms with Crippen molar-refractivity contribution in [1.29, 1.82) is 0 Å². The number of aromatic nitrogens is 4. The summed E-state index contributed by atoms with van der Waals surface area (Å²) in [4.78, 5) is 11.4. The third-order valence-corrected chi connectivity index (χ3v) is 6.86. The molecule has 3 aromatic rings. The zero-order valence-corrected chi connectivity index (χ0v) is 19.1. The van der Waals surface area contributed by atoms with Gasteiger partial charge in [0.1, 0.15) is 11.6 Å². The van der Waals surface area contributed by atoms with Crippen LogP contribution in [0.25, 0.3) is 17.0 Å². The minimum atomic E-state index is -0.684. The average Bonchev–Trinajstić information content (AvgIpc) is 3.16. The van der Waals surface area contributed by atoms with E-state index in [2.05, 4.69) is 47.9 Å². The molecule has 1 aliphatic heterocycles. The Kier molecular flexibility index (Phi) is 6.02. The maximum absolute atomic E-state index is 14.4. The van der Waals surface area contributed by atoms with Crippen LogP contribution in [0, 0.1) is 15.2 Å². The first-order chi connectivity index (χ1) is 15.1. The monoisotopic (exact) mass is 540 g/mol. The molecule has 1 saturated heterocycles. The molecule has 0 unspecified atom stereocenters. The molecule has 0 atom stereocenters. The highest BCUT2D eigenvalue weighted by molar-refractivity contribution is 14.1. The molecule has 2 aromatic heterocycles. The number of benzene rings is 1. The Morgan fingerprint density at radius 2 is 1.74 bits per heavy atom. The molecule has 2 aliphatic rings. The molecule has 1 N–H and O–H groups in total. The van der Waals surface area contributed by atoms with Crippen LogP contribution in [-0.2, 0) is 4.74 Å². The summed E-state index contributed by atoms with van der Waals surface area (Å²) in [5.41, 5.74) is 0.304. The lowest BCUT2D eigenvalue weighted by Crippen LogP contribution is -2.46. The molecule has 1 aromatic carbocycles. The fourth-order valence-electron chi connectivity index (χ4n) is 4.48. The quantitative estimate of drug-likeness (QED) is 0.509. The largest absolute Gasteiger partial charge is 0.379 e. The van der Waals surface area contributed by atoms with Gasteiger partial charge in [-0.15, -0.1) is 0 Å². The van der Waals surface area contributed by atoms with Gasteiger partial charge in [-0.1, -0.05) is 6.07 Å². The standard InChI is InChI=1S/C21H23F2IN6O/c22-15-2-1-3-16(23)18(15)19-27-20-17(24)12-25-30(20)21(28-19)26-13-4-6-14(7-5-13)29-8-10-31-11-9-29/h1-3,12-14H,4-11H2,(H,26,27,28). The van der Waals surface area contributed by atoms with Crippen molar-refractivity contribution in [3.8, 4) is 11.4 Å². The summed E-state index contributed by atoms with van der Waals surface area (Å²) in [7, 11) is 0. The molecule has 0 spiro atoms. The zero-order valence-electron chi connectivity index (χ0n) is 16.9. The fraction of sp³-hybridized carbons (Fsp3) is 0.476. The number of anilines is 1. The van der Waals surface area contributed by atoms with Crippen LogP contribution < -0.4 is 5.32 Å². The van der Waals surface area contributed by atoms with Gasteiger partial charge in [0.2, 0.25) is 5.95 Å². The Balaban J connectivity index is 1.40. The van der Waals surface area contributed by atoms with Gasteiger partial charge in [-0.25, -0.2) is 13.8 Å². The molecule has 0 bridgehead atoms. The van der Waals surface area contributed by atoms with Gasteiger partial charge in [-0.3, -0.25) is 4.90 Å². The minimum Gasteiger partial charge on any atom is -0.379 e. The normalized spacial score (nSPS) is 22.7. The molecule has 1 aliphatic carbocycles. The fourth-order valence-corrected chi connectivity index (χ4v) is 4.95. The van der Waals surface area contributed by atoms with Gasteiger partial charge in [0, 0.05) is 25.2 Å². The van der Waals surface area contributed by atoms with Crippen LogP contribution in [0.15, 0.2) is 24.4 Å². The van der Waals surface area contributed by atoms with E-state index in [4.69, 9.17) is 4.74 Å². The highest BCUT2D eigenvalue weighted by atomic mass is 127. The predicted octanol–water partition coefficient (Wildman–Crippen LogP) is 3.73. The molecule has 10 heteroatoms. The van der Waals surface area contributed by atoms with E-state index in [1.54, 1.807) is 10.7 Å². The minimum absolute atomic E-state index is 0.0195. The molecule has 0 amide bonds. The number of rotatable bonds is 4. The molecule has 31 heavy (non-hydrogen) atoms.